The van der Waals surface area contributed by atoms with Crippen LogP contribution in [-0.4, -0.2) is 33.6 Å². The summed E-state index contributed by atoms with van der Waals surface area (Å²) < 4.78 is 7.77. The predicted molar refractivity (Wildman–Crippen MR) is 85.1 cm³/mol. The van der Waals surface area contributed by atoms with Gasteiger partial charge in [0.25, 0.3) is 0 Å². The van der Waals surface area contributed by atoms with E-state index in [1.165, 1.54) is 5.56 Å². The molecule has 1 fully saturated rings. The van der Waals surface area contributed by atoms with E-state index in [1.54, 1.807) is 6.20 Å². The summed E-state index contributed by atoms with van der Waals surface area (Å²) in [5, 5.41) is 25.2. The molecule has 1 unspecified atom stereocenters. The average Bonchev–Trinajstić information content (AvgIpc) is 3.10. The molecule has 1 aromatic heterocycles. The van der Waals surface area contributed by atoms with Gasteiger partial charge in [0.15, 0.2) is 6.23 Å². The first-order valence-electron chi connectivity index (χ1n) is 8.17. The van der Waals surface area contributed by atoms with Crippen LogP contribution in [0.1, 0.15) is 55.9 Å². The maximum Gasteiger partial charge on any atom is 0.489 e. The molecule has 6 heteroatoms. The summed E-state index contributed by atoms with van der Waals surface area (Å²) in [7, 11) is -1.46. The number of nitrogens with zero attached hydrogens (tertiary/aromatic N) is 2. The first-order valence-corrected chi connectivity index (χ1v) is 8.17. The van der Waals surface area contributed by atoms with Crippen molar-refractivity contribution in [2.45, 2.75) is 51.2 Å². The van der Waals surface area contributed by atoms with Gasteiger partial charge in [-0.25, -0.2) is 4.68 Å². The molecule has 22 heavy (non-hydrogen) atoms. The summed E-state index contributed by atoms with van der Waals surface area (Å²) in [6, 6.07) is 2.17. The second-order valence-corrected chi connectivity index (χ2v) is 6.52. The largest absolute Gasteiger partial charge is 0.489 e. The van der Waals surface area contributed by atoms with Gasteiger partial charge >= 0.3 is 7.12 Å². The molecule has 1 saturated heterocycles. The molecule has 0 saturated carbocycles. The summed E-state index contributed by atoms with van der Waals surface area (Å²) in [4.78, 5) is 0. The van der Waals surface area contributed by atoms with E-state index in [9.17, 15) is 10.0 Å². The van der Waals surface area contributed by atoms with Gasteiger partial charge in [0, 0.05) is 12.0 Å². The van der Waals surface area contributed by atoms with Gasteiger partial charge in [0.05, 0.1) is 11.7 Å². The molecule has 4 rings (SSSR count). The molecule has 0 bridgehead atoms. The fraction of sp³-hybridized carbons (Fsp3) is 0.562. The van der Waals surface area contributed by atoms with Crippen LogP contribution in [0.4, 0.5) is 0 Å². The molecule has 116 valence electrons. The minimum absolute atomic E-state index is 0.0354. The van der Waals surface area contributed by atoms with E-state index in [2.05, 4.69) is 18.1 Å². The van der Waals surface area contributed by atoms with Crippen LogP contribution in [0.2, 0.25) is 0 Å². The van der Waals surface area contributed by atoms with Gasteiger partial charge in [-0.15, -0.1) is 0 Å². The van der Waals surface area contributed by atoms with Crippen molar-refractivity contribution in [3.05, 3.63) is 23.4 Å². The maximum absolute atomic E-state index is 9.91. The van der Waals surface area contributed by atoms with Crippen molar-refractivity contribution in [2.75, 3.05) is 6.61 Å². The Labute approximate surface area is 130 Å². The highest BCUT2D eigenvalue weighted by molar-refractivity contribution is 6.62. The van der Waals surface area contributed by atoms with Crippen molar-refractivity contribution < 1.29 is 14.8 Å². The molecular formula is C16H21BN2O3. The highest BCUT2D eigenvalue weighted by Crippen LogP contribution is 2.35. The van der Waals surface area contributed by atoms with Crippen molar-refractivity contribution in [3.63, 3.8) is 0 Å². The van der Waals surface area contributed by atoms with Crippen LogP contribution < -0.4 is 5.46 Å². The Morgan fingerprint density at radius 2 is 2.18 bits per heavy atom. The molecule has 0 radical (unpaired) electrons. The van der Waals surface area contributed by atoms with Crippen LogP contribution in [-0.2, 0) is 11.2 Å². The van der Waals surface area contributed by atoms with Crippen molar-refractivity contribution >= 4 is 23.5 Å². The van der Waals surface area contributed by atoms with Gasteiger partial charge in [-0.1, -0.05) is 6.92 Å². The highest BCUT2D eigenvalue weighted by atomic mass is 16.5. The van der Waals surface area contributed by atoms with Crippen molar-refractivity contribution in [1.29, 1.82) is 0 Å². The van der Waals surface area contributed by atoms with Crippen LogP contribution in [0.5, 0.6) is 0 Å². The van der Waals surface area contributed by atoms with E-state index in [1.807, 2.05) is 4.68 Å². The smallest absolute Gasteiger partial charge is 0.423 e. The van der Waals surface area contributed by atoms with Crippen LogP contribution in [0.3, 0.4) is 0 Å². The topological polar surface area (TPSA) is 67.5 Å². The van der Waals surface area contributed by atoms with Gasteiger partial charge in [-0.3, -0.25) is 0 Å². The van der Waals surface area contributed by atoms with E-state index in [0.29, 0.717) is 11.4 Å². The molecule has 2 heterocycles. The molecule has 0 amide bonds. The Kier molecular flexibility index (Phi) is 3.48. The Hall–Kier alpha value is -1.37. The lowest BCUT2D eigenvalue weighted by Crippen LogP contribution is -2.34. The second-order valence-electron chi connectivity index (χ2n) is 6.52. The first-order chi connectivity index (χ1) is 10.7. The van der Waals surface area contributed by atoms with Gasteiger partial charge in [0.1, 0.15) is 0 Å². The first kappa shape index (κ1) is 14.2. The summed E-state index contributed by atoms with van der Waals surface area (Å²) in [5.74, 6) is 0.366. The lowest BCUT2D eigenvalue weighted by Gasteiger charge is -2.24. The molecule has 2 atom stereocenters. The number of ether oxygens (including phenoxy) is 1. The lowest BCUT2D eigenvalue weighted by molar-refractivity contribution is -0.0366. The second kappa shape index (κ2) is 5.37. The third-order valence-electron chi connectivity index (χ3n) is 5.10. The lowest BCUT2D eigenvalue weighted by atomic mass is 9.72. The summed E-state index contributed by atoms with van der Waals surface area (Å²) in [6.07, 6.45) is 6.98. The zero-order chi connectivity index (χ0) is 15.3. The third-order valence-corrected chi connectivity index (χ3v) is 5.10. The number of fused-ring (bicyclic) bond motifs is 2. The molecule has 1 aliphatic heterocycles. The summed E-state index contributed by atoms with van der Waals surface area (Å²) in [5.41, 5.74) is 3.93. The number of aryl methyl sites for hydroxylation is 1. The average molecular weight is 300 g/mol. The molecule has 5 nitrogen and oxygen atoms in total. The monoisotopic (exact) mass is 300 g/mol. The van der Waals surface area contributed by atoms with Gasteiger partial charge < -0.3 is 14.8 Å². The van der Waals surface area contributed by atoms with Crippen molar-refractivity contribution in [3.8, 4) is 0 Å². The van der Waals surface area contributed by atoms with Gasteiger partial charge in [0.2, 0.25) is 0 Å². The van der Waals surface area contributed by atoms with Crippen LogP contribution >= 0.6 is 0 Å². The fourth-order valence-electron chi connectivity index (χ4n) is 4.01. The number of hydrogen-bond acceptors (Lipinski definition) is 4. The zero-order valence-corrected chi connectivity index (χ0v) is 12.8. The van der Waals surface area contributed by atoms with E-state index in [4.69, 9.17) is 4.74 Å². The minimum Gasteiger partial charge on any atom is -0.423 e. The third kappa shape index (κ3) is 2.09. The van der Waals surface area contributed by atoms with E-state index in [0.717, 1.165) is 55.2 Å². The van der Waals surface area contributed by atoms with Crippen molar-refractivity contribution in [1.82, 2.24) is 9.78 Å². The van der Waals surface area contributed by atoms with E-state index >= 15 is 0 Å². The Balaban J connectivity index is 1.91. The molecular weight excluding hydrogens is 279 g/mol. The Bertz CT molecular complexity index is 707. The molecule has 0 spiro atoms. The fourth-order valence-corrected chi connectivity index (χ4v) is 4.01. The van der Waals surface area contributed by atoms with Gasteiger partial charge in [-0.05, 0) is 60.7 Å². The quantitative estimate of drug-likeness (QED) is 0.824. The molecule has 2 aliphatic rings. The number of rotatable bonds is 2. The predicted octanol–water partition coefficient (Wildman–Crippen LogP) is 1.46. The standard InChI is InChI=1S/C16H21BN2O3/c1-10-5-6-11-8-13-12(16(15(10)11)17(20)21)9-18-19(13)14-4-2-3-7-22-14/h8-10,14,20-21H,2-7H2,1H3/t10-,14?/m1/s1. The number of benzene rings is 1. The normalized spacial score (nSPS) is 24.7. The Morgan fingerprint density at radius 1 is 1.32 bits per heavy atom. The highest BCUT2D eigenvalue weighted by Gasteiger charge is 2.31. The Morgan fingerprint density at radius 3 is 2.91 bits per heavy atom. The van der Waals surface area contributed by atoms with Crippen LogP contribution in [0.25, 0.3) is 10.9 Å². The van der Waals surface area contributed by atoms with E-state index < -0.39 is 7.12 Å². The van der Waals surface area contributed by atoms with Crippen molar-refractivity contribution in [2.24, 2.45) is 0 Å². The summed E-state index contributed by atoms with van der Waals surface area (Å²) in [6.45, 7) is 2.92. The van der Waals surface area contributed by atoms with Crippen LogP contribution in [0.15, 0.2) is 12.3 Å². The molecule has 1 aliphatic carbocycles. The molecule has 2 N–H and O–H groups in total. The molecule has 1 aromatic carbocycles. The van der Waals surface area contributed by atoms with Gasteiger partial charge in [-0.2, -0.15) is 5.10 Å². The van der Waals surface area contributed by atoms with E-state index in [-0.39, 0.29) is 6.23 Å². The van der Waals surface area contributed by atoms with Crippen LogP contribution in [0, 0.1) is 0 Å². The zero-order valence-electron chi connectivity index (χ0n) is 12.8. The SMILES string of the molecule is C[C@@H]1CCc2cc3c(cnn3C3CCCCO3)c(B(O)O)c21. The summed E-state index contributed by atoms with van der Waals surface area (Å²) >= 11 is 0. The number of hydrogen-bond donors (Lipinski definition) is 2. The molecule has 2 aromatic rings. The number of aromatic nitrogens is 2. The maximum atomic E-state index is 9.91. The minimum atomic E-state index is -1.46.